The Labute approximate surface area is 161 Å². The number of carbonyl (C=O) groups excluding carboxylic acids is 2. The molecule has 0 saturated heterocycles. The van der Waals surface area contributed by atoms with Crippen molar-refractivity contribution < 1.29 is 18.0 Å². The van der Waals surface area contributed by atoms with Crippen molar-refractivity contribution in [3.8, 4) is 0 Å². The van der Waals surface area contributed by atoms with Crippen LogP contribution in [0.3, 0.4) is 0 Å². The fraction of sp³-hybridized carbons (Fsp3) is 0.105. The number of benzene rings is 2. The average Bonchev–Trinajstić information content (AvgIpc) is 3.06. The van der Waals surface area contributed by atoms with E-state index in [0.717, 1.165) is 5.39 Å². The molecule has 142 valence electrons. The molecule has 0 unspecified atom stereocenters. The van der Waals surface area contributed by atoms with E-state index >= 15 is 0 Å². The van der Waals surface area contributed by atoms with Crippen LogP contribution in [0.15, 0.2) is 59.6 Å². The minimum Gasteiger partial charge on any atom is -0.326 e. The van der Waals surface area contributed by atoms with Gasteiger partial charge in [0.1, 0.15) is 0 Å². The highest BCUT2D eigenvalue weighted by Gasteiger charge is 2.22. The molecule has 2 heterocycles. The molecule has 0 saturated carbocycles. The number of pyridine rings is 1. The summed E-state index contributed by atoms with van der Waals surface area (Å²) >= 11 is 0. The first-order valence-electron chi connectivity index (χ1n) is 8.48. The molecule has 3 N–H and O–H groups in total. The lowest BCUT2D eigenvalue weighted by molar-refractivity contribution is -0.115. The summed E-state index contributed by atoms with van der Waals surface area (Å²) in [6.07, 6.45) is 1.75. The van der Waals surface area contributed by atoms with E-state index in [4.69, 9.17) is 0 Å². The highest BCUT2D eigenvalue weighted by atomic mass is 32.2. The molecule has 1 aromatic heterocycles. The van der Waals surface area contributed by atoms with Gasteiger partial charge in [-0.1, -0.05) is 18.2 Å². The molecule has 0 radical (unpaired) electrons. The number of nitrogens with one attached hydrogen (secondary N) is 3. The number of carbonyl (C=O) groups is 2. The van der Waals surface area contributed by atoms with Crippen LogP contribution in [0.5, 0.6) is 0 Å². The first-order valence-corrected chi connectivity index (χ1v) is 9.97. The predicted molar refractivity (Wildman–Crippen MR) is 104 cm³/mol. The Kier molecular flexibility index (Phi) is 4.54. The quantitative estimate of drug-likeness (QED) is 0.606. The second kappa shape index (κ2) is 7.02. The zero-order chi connectivity index (χ0) is 19.7. The third-order valence-electron chi connectivity index (χ3n) is 4.34. The van der Waals surface area contributed by atoms with Crippen molar-refractivity contribution in [1.29, 1.82) is 0 Å². The first-order chi connectivity index (χ1) is 13.4. The van der Waals surface area contributed by atoms with Gasteiger partial charge in [0.15, 0.2) is 0 Å². The molecule has 4 rings (SSSR count). The molecular weight excluding hydrogens is 380 g/mol. The largest absolute Gasteiger partial charge is 0.326 e. The van der Waals surface area contributed by atoms with Gasteiger partial charge in [0.05, 0.1) is 29.1 Å². The normalized spacial score (nSPS) is 13.2. The lowest BCUT2D eigenvalue weighted by Gasteiger charge is -2.10. The lowest BCUT2D eigenvalue weighted by Crippen LogP contribution is -2.33. The Morgan fingerprint density at radius 2 is 1.96 bits per heavy atom. The van der Waals surface area contributed by atoms with Gasteiger partial charge in [0, 0.05) is 17.3 Å². The van der Waals surface area contributed by atoms with Gasteiger partial charge in [-0.2, -0.15) is 0 Å². The zero-order valence-corrected chi connectivity index (χ0v) is 15.4. The Bertz CT molecular complexity index is 1200. The highest BCUT2D eigenvalue weighted by Crippen LogP contribution is 2.25. The number of rotatable bonds is 5. The molecule has 1 aliphatic rings. The van der Waals surface area contributed by atoms with Crippen LogP contribution in [-0.2, 0) is 26.0 Å². The maximum atomic E-state index is 12.5. The fourth-order valence-corrected chi connectivity index (χ4v) is 4.05. The second-order valence-corrected chi connectivity index (χ2v) is 8.06. The van der Waals surface area contributed by atoms with Crippen LogP contribution in [0.4, 0.5) is 11.4 Å². The number of nitrogens with zero attached hydrogens (tertiary/aromatic N) is 1. The molecule has 0 spiro atoms. The molecule has 28 heavy (non-hydrogen) atoms. The van der Waals surface area contributed by atoms with Crippen molar-refractivity contribution in [3.63, 3.8) is 0 Å². The lowest BCUT2D eigenvalue weighted by atomic mass is 10.2. The Morgan fingerprint density at radius 1 is 1.14 bits per heavy atom. The number of amides is 2. The van der Waals surface area contributed by atoms with Crippen LogP contribution >= 0.6 is 0 Å². The van der Waals surface area contributed by atoms with Gasteiger partial charge in [-0.15, -0.1) is 0 Å². The van der Waals surface area contributed by atoms with Crippen molar-refractivity contribution >= 4 is 44.1 Å². The number of sulfonamides is 1. The number of fused-ring (bicyclic) bond motifs is 2. The topological polar surface area (TPSA) is 117 Å². The Morgan fingerprint density at radius 3 is 2.82 bits per heavy atom. The van der Waals surface area contributed by atoms with E-state index in [1.54, 1.807) is 24.4 Å². The molecule has 8 nitrogen and oxygen atoms in total. The summed E-state index contributed by atoms with van der Waals surface area (Å²) in [5, 5.41) is 6.18. The monoisotopic (exact) mass is 396 g/mol. The van der Waals surface area contributed by atoms with Crippen molar-refractivity contribution in [1.82, 2.24) is 9.71 Å². The fourth-order valence-electron chi connectivity index (χ4n) is 3.02. The van der Waals surface area contributed by atoms with Gasteiger partial charge in [0.2, 0.25) is 21.8 Å². The third-order valence-corrected chi connectivity index (χ3v) is 5.74. The van der Waals surface area contributed by atoms with Gasteiger partial charge in [-0.3, -0.25) is 14.6 Å². The van der Waals surface area contributed by atoms with Crippen LogP contribution in [0.2, 0.25) is 0 Å². The molecule has 9 heteroatoms. The molecule has 0 atom stereocenters. The van der Waals surface area contributed by atoms with Crippen molar-refractivity contribution in [3.05, 3.63) is 60.3 Å². The summed E-state index contributed by atoms with van der Waals surface area (Å²) in [5.41, 5.74) is 2.34. The van der Waals surface area contributed by atoms with Crippen LogP contribution in [-0.4, -0.2) is 31.8 Å². The SMILES string of the molecule is O=C1Cc2cc(S(=O)(=O)NCC(=O)Nc3cccc4cccnc34)ccc2N1. The number of aromatic nitrogens is 1. The van der Waals surface area contributed by atoms with Crippen molar-refractivity contribution in [2.45, 2.75) is 11.3 Å². The van der Waals surface area contributed by atoms with Crippen LogP contribution in [0.25, 0.3) is 10.9 Å². The molecule has 0 fully saturated rings. The number of anilines is 2. The van der Waals surface area contributed by atoms with E-state index in [-0.39, 0.29) is 17.2 Å². The van der Waals surface area contributed by atoms with Crippen molar-refractivity contribution in [2.24, 2.45) is 0 Å². The Balaban J connectivity index is 1.46. The van der Waals surface area contributed by atoms with Gasteiger partial charge in [-0.25, -0.2) is 13.1 Å². The summed E-state index contributed by atoms with van der Waals surface area (Å²) < 4.78 is 27.2. The molecule has 2 aromatic carbocycles. The summed E-state index contributed by atoms with van der Waals surface area (Å²) in [4.78, 5) is 27.9. The maximum Gasteiger partial charge on any atom is 0.241 e. The predicted octanol–water partition coefficient (Wildman–Crippen LogP) is 1.65. The van der Waals surface area contributed by atoms with E-state index in [9.17, 15) is 18.0 Å². The van der Waals surface area contributed by atoms with E-state index in [1.165, 1.54) is 18.2 Å². The minimum atomic E-state index is -3.89. The molecule has 2 amide bonds. The molecule has 0 bridgehead atoms. The van der Waals surface area contributed by atoms with E-state index in [0.29, 0.717) is 22.5 Å². The number of hydrogen-bond donors (Lipinski definition) is 3. The van der Waals surface area contributed by atoms with Gasteiger partial charge in [0.25, 0.3) is 0 Å². The van der Waals surface area contributed by atoms with Gasteiger partial charge in [-0.05, 0) is 35.9 Å². The van der Waals surface area contributed by atoms with Crippen LogP contribution < -0.4 is 15.4 Å². The van der Waals surface area contributed by atoms with E-state index in [2.05, 4.69) is 20.3 Å². The molecular formula is C19H16N4O4S. The van der Waals surface area contributed by atoms with E-state index in [1.807, 2.05) is 12.1 Å². The highest BCUT2D eigenvalue weighted by molar-refractivity contribution is 7.89. The summed E-state index contributed by atoms with van der Waals surface area (Å²) in [5.74, 6) is -0.694. The van der Waals surface area contributed by atoms with Gasteiger partial charge < -0.3 is 10.6 Å². The van der Waals surface area contributed by atoms with Gasteiger partial charge >= 0.3 is 0 Å². The second-order valence-electron chi connectivity index (χ2n) is 6.30. The summed E-state index contributed by atoms with van der Waals surface area (Å²) in [6, 6.07) is 13.4. The first kappa shape index (κ1) is 18.1. The van der Waals surface area contributed by atoms with Crippen LogP contribution in [0.1, 0.15) is 5.56 Å². The number of hydrogen-bond acceptors (Lipinski definition) is 5. The molecule has 3 aromatic rings. The van der Waals surface area contributed by atoms with E-state index < -0.39 is 22.5 Å². The molecule has 1 aliphatic heterocycles. The third kappa shape index (κ3) is 3.57. The minimum absolute atomic E-state index is 0.00220. The smallest absolute Gasteiger partial charge is 0.241 e. The summed E-state index contributed by atoms with van der Waals surface area (Å²) in [7, 11) is -3.89. The number of para-hydroxylation sites is 1. The standard InChI is InChI=1S/C19H16N4O4S/c24-17-10-13-9-14(6-7-15(13)22-17)28(26,27)21-11-18(25)23-16-5-1-3-12-4-2-8-20-19(12)16/h1-9,21H,10-11H2,(H,22,24)(H,23,25). The Hall–Kier alpha value is -3.30. The molecule has 0 aliphatic carbocycles. The average molecular weight is 396 g/mol. The zero-order valence-electron chi connectivity index (χ0n) is 14.6. The summed E-state index contributed by atoms with van der Waals surface area (Å²) in [6.45, 7) is -0.431. The van der Waals surface area contributed by atoms with Crippen molar-refractivity contribution in [2.75, 3.05) is 17.2 Å². The maximum absolute atomic E-state index is 12.5. The van der Waals surface area contributed by atoms with Crippen LogP contribution in [0, 0.1) is 0 Å².